The van der Waals surface area contributed by atoms with Crippen molar-refractivity contribution in [3.8, 4) is 0 Å². The van der Waals surface area contributed by atoms with E-state index >= 15 is 0 Å². The number of carbonyl (C=O) groups is 1. The lowest BCUT2D eigenvalue weighted by Crippen LogP contribution is -1.75. The van der Waals surface area contributed by atoms with Gasteiger partial charge in [-0.3, -0.25) is 4.79 Å². The molecule has 0 bridgehead atoms. The Labute approximate surface area is 68.1 Å². The van der Waals surface area contributed by atoms with Crippen LogP contribution in [-0.2, 0) is 4.79 Å². The van der Waals surface area contributed by atoms with Gasteiger partial charge >= 0.3 is 0 Å². The van der Waals surface area contributed by atoms with E-state index in [-0.39, 0.29) is 0 Å². The molecule has 0 N–H and O–H groups in total. The van der Waals surface area contributed by atoms with Crippen molar-refractivity contribution in [3.63, 3.8) is 0 Å². The number of allylic oxidation sites excluding steroid dienone is 6. The highest BCUT2D eigenvalue weighted by atomic mass is 16.1. The van der Waals surface area contributed by atoms with Gasteiger partial charge in [-0.25, -0.2) is 0 Å². The summed E-state index contributed by atoms with van der Waals surface area (Å²) in [5.41, 5.74) is 0.764. The SMILES string of the molecule is CC.O=CC1=CCC=CC=C1. The molecule has 0 fully saturated rings. The third kappa shape index (κ3) is 4.31. The second-order valence-electron chi connectivity index (χ2n) is 1.84. The van der Waals surface area contributed by atoms with Crippen LogP contribution in [0.4, 0.5) is 0 Å². The maximum Gasteiger partial charge on any atom is 0.149 e. The van der Waals surface area contributed by atoms with Gasteiger partial charge in [0.25, 0.3) is 0 Å². The first-order chi connectivity index (χ1) is 5.43. The van der Waals surface area contributed by atoms with Crippen molar-refractivity contribution < 1.29 is 4.79 Å². The van der Waals surface area contributed by atoms with Crippen molar-refractivity contribution in [1.29, 1.82) is 0 Å². The predicted octanol–water partition coefficient (Wildman–Crippen LogP) is 2.65. The molecule has 0 radical (unpaired) electrons. The van der Waals surface area contributed by atoms with Crippen molar-refractivity contribution in [2.24, 2.45) is 0 Å². The van der Waals surface area contributed by atoms with Crippen LogP contribution in [0.3, 0.4) is 0 Å². The Morgan fingerprint density at radius 3 is 2.73 bits per heavy atom. The minimum absolute atomic E-state index is 0.764. The average Bonchev–Trinajstić information content (AvgIpc) is 2.35. The minimum atomic E-state index is 0.764. The summed E-state index contributed by atoms with van der Waals surface area (Å²) in [7, 11) is 0. The van der Waals surface area contributed by atoms with E-state index < -0.39 is 0 Å². The van der Waals surface area contributed by atoms with Gasteiger partial charge in [0.1, 0.15) is 6.29 Å². The second-order valence-corrected chi connectivity index (χ2v) is 1.84. The van der Waals surface area contributed by atoms with E-state index in [0.29, 0.717) is 0 Å². The highest BCUT2D eigenvalue weighted by Crippen LogP contribution is 2.00. The Kier molecular flexibility index (Phi) is 6.30. The quantitative estimate of drug-likeness (QED) is 0.525. The Hall–Kier alpha value is -1.11. The molecular formula is C10H14O. The van der Waals surface area contributed by atoms with Crippen LogP contribution >= 0.6 is 0 Å². The summed E-state index contributed by atoms with van der Waals surface area (Å²) < 4.78 is 0. The van der Waals surface area contributed by atoms with E-state index in [4.69, 9.17) is 0 Å². The zero-order valence-electron chi connectivity index (χ0n) is 7.08. The van der Waals surface area contributed by atoms with Gasteiger partial charge in [0.2, 0.25) is 0 Å². The molecule has 0 amide bonds. The van der Waals surface area contributed by atoms with Gasteiger partial charge in [0.05, 0.1) is 0 Å². The molecule has 0 aromatic carbocycles. The predicted molar refractivity (Wildman–Crippen MR) is 48.4 cm³/mol. The molecule has 0 aliphatic heterocycles. The summed E-state index contributed by atoms with van der Waals surface area (Å²) in [5.74, 6) is 0. The minimum Gasteiger partial charge on any atom is -0.298 e. The van der Waals surface area contributed by atoms with Crippen molar-refractivity contribution >= 4 is 6.29 Å². The molecule has 0 saturated carbocycles. The molecular weight excluding hydrogens is 136 g/mol. The van der Waals surface area contributed by atoms with Gasteiger partial charge in [-0.05, 0) is 6.42 Å². The average molecular weight is 150 g/mol. The van der Waals surface area contributed by atoms with Crippen LogP contribution in [0.2, 0.25) is 0 Å². The van der Waals surface area contributed by atoms with E-state index in [1.54, 1.807) is 6.08 Å². The number of hydrogen-bond donors (Lipinski definition) is 0. The van der Waals surface area contributed by atoms with Crippen LogP contribution in [-0.4, -0.2) is 6.29 Å². The van der Waals surface area contributed by atoms with E-state index in [1.165, 1.54) is 0 Å². The summed E-state index contributed by atoms with van der Waals surface area (Å²) in [5, 5.41) is 0. The summed E-state index contributed by atoms with van der Waals surface area (Å²) in [6.07, 6.45) is 11.2. The van der Waals surface area contributed by atoms with E-state index in [9.17, 15) is 4.79 Å². The Bertz CT molecular complexity index is 185. The molecule has 60 valence electrons. The Morgan fingerprint density at radius 2 is 2.09 bits per heavy atom. The summed E-state index contributed by atoms with van der Waals surface area (Å²) in [6, 6.07) is 0. The van der Waals surface area contributed by atoms with Gasteiger partial charge in [-0.15, -0.1) is 0 Å². The third-order valence-corrected chi connectivity index (χ3v) is 1.16. The maximum absolute atomic E-state index is 10.2. The smallest absolute Gasteiger partial charge is 0.149 e. The summed E-state index contributed by atoms with van der Waals surface area (Å²) in [6.45, 7) is 4.00. The first kappa shape index (κ1) is 9.89. The molecule has 0 atom stereocenters. The fourth-order valence-electron chi connectivity index (χ4n) is 0.683. The molecule has 0 spiro atoms. The molecule has 1 nitrogen and oxygen atoms in total. The monoisotopic (exact) mass is 150 g/mol. The maximum atomic E-state index is 10.2. The van der Waals surface area contributed by atoms with Crippen molar-refractivity contribution in [3.05, 3.63) is 36.0 Å². The first-order valence-electron chi connectivity index (χ1n) is 3.92. The third-order valence-electron chi connectivity index (χ3n) is 1.16. The molecule has 0 aromatic rings. The zero-order valence-corrected chi connectivity index (χ0v) is 7.08. The van der Waals surface area contributed by atoms with E-state index in [2.05, 4.69) is 0 Å². The van der Waals surface area contributed by atoms with Crippen LogP contribution in [0.5, 0.6) is 0 Å². The van der Waals surface area contributed by atoms with Gasteiger partial charge in [-0.1, -0.05) is 44.2 Å². The summed E-state index contributed by atoms with van der Waals surface area (Å²) in [4.78, 5) is 10.2. The Balaban J connectivity index is 0.000000461. The molecule has 11 heavy (non-hydrogen) atoms. The van der Waals surface area contributed by atoms with E-state index in [0.717, 1.165) is 18.3 Å². The number of hydrogen-bond acceptors (Lipinski definition) is 1. The van der Waals surface area contributed by atoms with Crippen molar-refractivity contribution in [2.75, 3.05) is 0 Å². The van der Waals surface area contributed by atoms with Crippen LogP contribution in [0, 0.1) is 0 Å². The van der Waals surface area contributed by atoms with Crippen molar-refractivity contribution in [2.45, 2.75) is 20.3 Å². The normalized spacial score (nSPS) is 14.2. The Morgan fingerprint density at radius 1 is 1.36 bits per heavy atom. The molecule has 0 aromatic heterocycles. The highest BCUT2D eigenvalue weighted by Gasteiger charge is 1.87. The van der Waals surface area contributed by atoms with Crippen LogP contribution < -0.4 is 0 Å². The van der Waals surface area contributed by atoms with Gasteiger partial charge in [0, 0.05) is 5.57 Å². The van der Waals surface area contributed by atoms with Crippen molar-refractivity contribution in [1.82, 2.24) is 0 Å². The fraction of sp³-hybridized carbons (Fsp3) is 0.300. The fourth-order valence-corrected chi connectivity index (χ4v) is 0.683. The van der Waals surface area contributed by atoms with Gasteiger partial charge in [-0.2, -0.15) is 0 Å². The zero-order chi connectivity index (χ0) is 8.53. The number of rotatable bonds is 1. The van der Waals surface area contributed by atoms with Crippen LogP contribution in [0.1, 0.15) is 20.3 Å². The number of carbonyl (C=O) groups excluding carboxylic acids is 1. The molecule has 0 unspecified atom stereocenters. The molecule has 1 heteroatoms. The number of aldehydes is 1. The molecule has 1 aliphatic carbocycles. The van der Waals surface area contributed by atoms with Gasteiger partial charge in [0.15, 0.2) is 0 Å². The molecule has 0 heterocycles. The lowest BCUT2D eigenvalue weighted by Gasteiger charge is -1.81. The molecule has 1 aliphatic rings. The molecule has 1 rings (SSSR count). The first-order valence-corrected chi connectivity index (χ1v) is 3.92. The topological polar surface area (TPSA) is 17.1 Å². The standard InChI is InChI=1S/C8H8O.C2H6/c9-7-8-5-3-1-2-4-6-8;1-2/h1-3,5-7H,4H2;1-2H3. The second kappa shape index (κ2) is 7.00. The van der Waals surface area contributed by atoms with Gasteiger partial charge < -0.3 is 0 Å². The highest BCUT2D eigenvalue weighted by molar-refractivity contribution is 5.77. The van der Waals surface area contributed by atoms with Crippen LogP contribution in [0.15, 0.2) is 36.0 Å². The van der Waals surface area contributed by atoms with E-state index in [1.807, 2.05) is 38.2 Å². The van der Waals surface area contributed by atoms with Crippen LogP contribution in [0.25, 0.3) is 0 Å². The summed E-state index contributed by atoms with van der Waals surface area (Å²) >= 11 is 0. The largest absolute Gasteiger partial charge is 0.298 e. The molecule has 0 saturated heterocycles. The lowest BCUT2D eigenvalue weighted by molar-refractivity contribution is -0.104. The lowest BCUT2D eigenvalue weighted by atomic mass is 10.2.